The summed E-state index contributed by atoms with van der Waals surface area (Å²) in [6, 6.07) is 12.1. The molecule has 0 unspecified atom stereocenters. The lowest BCUT2D eigenvalue weighted by molar-refractivity contribution is 0.0954. The normalized spacial score (nSPS) is 10.6. The number of para-hydroxylation sites is 1. The fraction of sp³-hybridized carbons (Fsp3) is 0.222. The SMILES string of the molecule is CCc1ccccc1Nc1nc(C)c(C(=O)NCc2cccs2)s1. The number of nitrogens with one attached hydrogen (secondary N) is 2. The Morgan fingerprint density at radius 1 is 1.21 bits per heavy atom. The molecule has 1 amide bonds. The van der Waals surface area contributed by atoms with Crippen LogP contribution >= 0.6 is 22.7 Å². The van der Waals surface area contributed by atoms with Crippen LogP contribution in [0.3, 0.4) is 0 Å². The minimum absolute atomic E-state index is 0.0739. The van der Waals surface area contributed by atoms with Gasteiger partial charge in [0.15, 0.2) is 5.13 Å². The number of hydrogen-bond donors (Lipinski definition) is 2. The summed E-state index contributed by atoms with van der Waals surface area (Å²) in [4.78, 5) is 18.7. The van der Waals surface area contributed by atoms with Gasteiger partial charge in [-0.05, 0) is 36.4 Å². The Balaban J connectivity index is 1.71. The molecule has 0 fully saturated rings. The summed E-state index contributed by atoms with van der Waals surface area (Å²) in [6.07, 6.45) is 0.946. The number of aryl methyl sites for hydroxylation is 2. The highest BCUT2D eigenvalue weighted by Gasteiger charge is 2.15. The molecular weight excluding hydrogens is 338 g/mol. The number of aromatic nitrogens is 1. The lowest BCUT2D eigenvalue weighted by Gasteiger charge is -2.07. The zero-order valence-electron chi connectivity index (χ0n) is 13.6. The number of anilines is 2. The minimum atomic E-state index is -0.0739. The van der Waals surface area contributed by atoms with Gasteiger partial charge < -0.3 is 10.6 Å². The van der Waals surface area contributed by atoms with Crippen molar-refractivity contribution in [1.82, 2.24) is 10.3 Å². The van der Waals surface area contributed by atoms with E-state index in [1.165, 1.54) is 16.9 Å². The highest BCUT2D eigenvalue weighted by molar-refractivity contribution is 7.17. The highest BCUT2D eigenvalue weighted by Crippen LogP contribution is 2.27. The quantitative estimate of drug-likeness (QED) is 0.669. The Labute approximate surface area is 149 Å². The van der Waals surface area contributed by atoms with Gasteiger partial charge in [-0.15, -0.1) is 11.3 Å². The summed E-state index contributed by atoms with van der Waals surface area (Å²) in [6.45, 7) is 4.54. The third-order valence-electron chi connectivity index (χ3n) is 3.65. The summed E-state index contributed by atoms with van der Waals surface area (Å²) in [5.41, 5.74) is 3.02. The number of thiazole rings is 1. The number of benzene rings is 1. The molecule has 6 heteroatoms. The van der Waals surface area contributed by atoms with Crippen LogP contribution < -0.4 is 10.6 Å². The molecule has 0 radical (unpaired) electrons. The van der Waals surface area contributed by atoms with Gasteiger partial charge in [0.2, 0.25) is 0 Å². The van der Waals surface area contributed by atoms with Gasteiger partial charge in [-0.2, -0.15) is 0 Å². The lowest BCUT2D eigenvalue weighted by atomic mass is 10.1. The van der Waals surface area contributed by atoms with Crippen molar-refractivity contribution in [1.29, 1.82) is 0 Å². The van der Waals surface area contributed by atoms with E-state index in [0.717, 1.165) is 27.8 Å². The molecule has 24 heavy (non-hydrogen) atoms. The van der Waals surface area contributed by atoms with E-state index in [2.05, 4.69) is 28.6 Å². The van der Waals surface area contributed by atoms with E-state index in [1.807, 2.05) is 42.6 Å². The van der Waals surface area contributed by atoms with E-state index >= 15 is 0 Å². The number of carbonyl (C=O) groups excluding carboxylic acids is 1. The van der Waals surface area contributed by atoms with Crippen LogP contribution in [0.4, 0.5) is 10.8 Å². The molecule has 0 aliphatic rings. The van der Waals surface area contributed by atoms with Gasteiger partial charge in [-0.25, -0.2) is 4.98 Å². The van der Waals surface area contributed by atoms with Crippen molar-refractivity contribution < 1.29 is 4.79 Å². The number of nitrogens with zero attached hydrogens (tertiary/aromatic N) is 1. The van der Waals surface area contributed by atoms with Crippen LogP contribution in [0, 0.1) is 6.92 Å². The maximum atomic E-state index is 12.4. The fourth-order valence-electron chi connectivity index (χ4n) is 2.39. The Morgan fingerprint density at radius 3 is 2.79 bits per heavy atom. The number of amides is 1. The Morgan fingerprint density at radius 2 is 2.04 bits per heavy atom. The zero-order valence-corrected chi connectivity index (χ0v) is 15.3. The molecule has 0 atom stereocenters. The average molecular weight is 358 g/mol. The molecule has 0 saturated heterocycles. The number of carbonyl (C=O) groups is 1. The first kappa shape index (κ1) is 16.7. The topological polar surface area (TPSA) is 54.0 Å². The highest BCUT2D eigenvalue weighted by atomic mass is 32.1. The molecule has 2 heterocycles. The predicted octanol–water partition coefficient (Wildman–Crippen LogP) is 4.75. The molecule has 0 aliphatic carbocycles. The van der Waals surface area contributed by atoms with Gasteiger partial charge in [0.25, 0.3) is 5.91 Å². The first-order valence-corrected chi connectivity index (χ1v) is 9.50. The molecule has 124 valence electrons. The van der Waals surface area contributed by atoms with Crippen LogP contribution in [-0.4, -0.2) is 10.9 Å². The smallest absolute Gasteiger partial charge is 0.263 e. The van der Waals surface area contributed by atoms with Crippen molar-refractivity contribution in [2.45, 2.75) is 26.8 Å². The van der Waals surface area contributed by atoms with Gasteiger partial charge in [0.1, 0.15) is 4.88 Å². The average Bonchev–Trinajstić information content (AvgIpc) is 3.23. The zero-order chi connectivity index (χ0) is 16.9. The maximum Gasteiger partial charge on any atom is 0.263 e. The second kappa shape index (κ2) is 7.59. The van der Waals surface area contributed by atoms with E-state index < -0.39 is 0 Å². The van der Waals surface area contributed by atoms with Gasteiger partial charge in [0.05, 0.1) is 12.2 Å². The molecule has 0 bridgehead atoms. The van der Waals surface area contributed by atoms with Crippen LogP contribution in [0.25, 0.3) is 0 Å². The van der Waals surface area contributed by atoms with Crippen LogP contribution in [0.5, 0.6) is 0 Å². The second-order valence-electron chi connectivity index (χ2n) is 5.33. The van der Waals surface area contributed by atoms with Crippen molar-refractivity contribution in [3.63, 3.8) is 0 Å². The second-order valence-corrected chi connectivity index (χ2v) is 7.36. The third kappa shape index (κ3) is 3.83. The standard InChI is InChI=1S/C18H19N3OS2/c1-3-13-7-4-5-9-15(13)21-18-20-12(2)16(24-18)17(22)19-11-14-8-6-10-23-14/h4-10H,3,11H2,1-2H3,(H,19,22)(H,20,21). The number of rotatable bonds is 6. The monoisotopic (exact) mass is 357 g/mol. The van der Waals surface area contributed by atoms with Gasteiger partial charge >= 0.3 is 0 Å². The van der Waals surface area contributed by atoms with E-state index in [4.69, 9.17) is 0 Å². The van der Waals surface area contributed by atoms with Gasteiger partial charge in [0, 0.05) is 10.6 Å². The van der Waals surface area contributed by atoms with Crippen molar-refractivity contribution in [3.05, 3.63) is 62.8 Å². The van der Waals surface area contributed by atoms with Crippen LogP contribution in [0.1, 0.15) is 32.7 Å². The molecule has 0 spiro atoms. The maximum absolute atomic E-state index is 12.4. The van der Waals surface area contributed by atoms with Crippen molar-refractivity contribution in [3.8, 4) is 0 Å². The first-order chi connectivity index (χ1) is 11.7. The predicted molar refractivity (Wildman–Crippen MR) is 101 cm³/mol. The Bertz CT molecular complexity index is 825. The lowest BCUT2D eigenvalue weighted by Crippen LogP contribution is -2.22. The van der Waals surface area contributed by atoms with Gasteiger partial charge in [-0.3, -0.25) is 4.79 Å². The summed E-state index contributed by atoms with van der Waals surface area (Å²) >= 11 is 3.02. The summed E-state index contributed by atoms with van der Waals surface area (Å²) in [7, 11) is 0. The first-order valence-electron chi connectivity index (χ1n) is 7.80. The Hall–Kier alpha value is -2.18. The Kier molecular flexibility index (Phi) is 5.27. The number of hydrogen-bond acceptors (Lipinski definition) is 5. The van der Waals surface area contributed by atoms with E-state index in [9.17, 15) is 4.79 Å². The largest absolute Gasteiger partial charge is 0.346 e. The summed E-state index contributed by atoms with van der Waals surface area (Å²) in [5.74, 6) is -0.0739. The molecule has 0 aliphatic heterocycles. The van der Waals surface area contributed by atoms with Crippen LogP contribution in [0.15, 0.2) is 41.8 Å². The van der Waals surface area contributed by atoms with Crippen molar-refractivity contribution >= 4 is 39.4 Å². The molecule has 3 aromatic rings. The molecule has 2 aromatic heterocycles. The van der Waals surface area contributed by atoms with Gasteiger partial charge in [-0.1, -0.05) is 42.5 Å². The molecule has 3 rings (SSSR count). The molecular formula is C18H19N3OS2. The van der Waals surface area contributed by atoms with E-state index in [-0.39, 0.29) is 5.91 Å². The third-order valence-corrected chi connectivity index (χ3v) is 5.59. The summed E-state index contributed by atoms with van der Waals surface area (Å²) in [5, 5.41) is 9.05. The fourth-order valence-corrected chi connectivity index (χ4v) is 3.93. The molecule has 1 aromatic carbocycles. The van der Waals surface area contributed by atoms with Crippen LogP contribution in [-0.2, 0) is 13.0 Å². The van der Waals surface area contributed by atoms with Crippen molar-refractivity contribution in [2.24, 2.45) is 0 Å². The minimum Gasteiger partial charge on any atom is -0.346 e. The summed E-state index contributed by atoms with van der Waals surface area (Å²) < 4.78 is 0. The molecule has 4 nitrogen and oxygen atoms in total. The van der Waals surface area contributed by atoms with E-state index in [1.54, 1.807) is 11.3 Å². The molecule has 2 N–H and O–H groups in total. The van der Waals surface area contributed by atoms with E-state index in [0.29, 0.717) is 11.4 Å². The molecule has 0 saturated carbocycles. The van der Waals surface area contributed by atoms with Crippen LogP contribution in [0.2, 0.25) is 0 Å². The number of thiophene rings is 1. The van der Waals surface area contributed by atoms with Crippen molar-refractivity contribution in [2.75, 3.05) is 5.32 Å².